The summed E-state index contributed by atoms with van der Waals surface area (Å²) < 4.78 is 0. The fourth-order valence-electron chi connectivity index (χ4n) is 0.593. The van der Waals surface area contributed by atoms with Crippen LogP contribution in [0, 0.1) is 0 Å². The van der Waals surface area contributed by atoms with Crippen molar-refractivity contribution in [2.24, 2.45) is 0 Å². The first kappa shape index (κ1) is 9.28. The Morgan fingerprint density at radius 1 is 1.00 bits per heavy atom. The van der Waals surface area contributed by atoms with E-state index in [9.17, 15) is 0 Å². The van der Waals surface area contributed by atoms with E-state index >= 15 is 0 Å². The van der Waals surface area contributed by atoms with Crippen molar-refractivity contribution in [2.75, 3.05) is 7.05 Å². The maximum absolute atomic E-state index is 2.14. The van der Waals surface area contributed by atoms with Gasteiger partial charge in [0.25, 0.3) is 0 Å². The van der Waals surface area contributed by atoms with Crippen molar-refractivity contribution in [3.63, 3.8) is 0 Å². The van der Waals surface area contributed by atoms with Gasteiger partial charge in [0.2, 0.25) is 0 Å². The van der Waals surface area contributed by atoms with E-state index in [2.05, 4.69) is 43.3 Å². The molecule has 0 radical (unpaired) electrons. The summed E-state index contributed by atoms with van der Waals surface area (Å²) >= 11 is 0. The van der Waals surface area contributed by atoms with Gasteiger partial charge in [0.05, 0.1) is 0 Å². The quantitative estimate of drug-likeness (QED) is 0.579. The van der Waals surface area contributed by atoms with Crippen molar-refractivity contribution in [3.05, 3.63) is 24.6 Å². The molecule has 0 N–H and O–H groups in total. The molecular formula is C9H17N. The number of hydrogen-bond acceptors (Lipinski definition) is 1. The molecule has 0 fully saturated rings. The van der Waals surface area contributed by atoms with Crippen molar-refractivity contribution >= 4 is 0 Å². The fraction of sp³-hybridized carbons (Fsp3) is 0.556. The topological polar surface area (TPSA) is 3.24 Å². The molecule has 0 amide bonds. The van der Waals surface area contributed by atoms with Gasteiger partial charge in [-0.1, -0.05) is 26.0 Å². The van der Waals surface area contributed by atoms with E-state index in [-0.39, 0.29) is 0 Å². The molecule has 58 valence electrons. The van der Waals surface area contributed by atoms with Crippen LogP contribution in [0.4, 0.5) is 0 Å². The second-order valence-electron chi connectivity index (χ2n) is 2.25. The van der Waals surface area contributed by atoms with Crippen molar-refractivity contribution in [1.82, 2.24) is 4.90 Å². The molecule has 0 aliphatic rings. The molecule has 0 spiro atoms. The number of hydrogen-bond donors (Lipinski definition) is 0. The number of rotatable bonds is 4. The van der Waals surface area contributed by atoms with Crippen LogP contribution in [0.15, 0.2) is 24.6 Å². The van der Waals surface area contributed by atoms with Crippen molar-refractivity contribution < 1.29 is 0 Å². The van der Waals surface area contributed by atoms with Gasteiger partial charge in [-0.05, 0) is 25.2 Å². The Morgan fingerprint density at radius 3 is 1.70 bits per heavy atom. The van der Waals surface area contributed by atoms with Crippen molar-refractivity contribution in [3.8, 4) is 0 Å². The molecule has 0 unspecified atom stereocenters. The summed E-state index contributed by atoms with van der Waals surface area (Å²) in [5.41, 5.74) is 0. The smallest absolute Gasteiger partial charge is 0.0106 e. The molecule has 10 heavy (non-hydrogen) atoms. The zero-order valence-corrected chi connectivity index (χ0v) is 7.17. The molecule has 0 bridgehead atoms. The van der Waals surface area contributed by atoms with Crippen LogP contribution >= 0.6 is 0 Å². The lowest BCUT2D eigenvalue weighted by molar-refractivity contribution is 0.620. The maximum atomic E-state index is 2.14. The van der Waals surface area contributed by atoms with Crippen LogP contribution in [0.25, 0.3) is 0 Å². The minimum atomic E-state index is 1.10. The van der Waals surface area contributed by atoms with Gasteiger partial charge in [0.1, 0.15) is 0 Å². The predicted molar refractivity (Wildman–Crippen MR) is 46.6 cm³/mol. The zero-order valence-electron chi connectivity index (χ0n) is 7.17. The molecule has 0 aromatic carbocycles. The van der Waals surface area contributed by atoms with Gasteiger partial charge in [-0.15, -0.1) is 0 Å². The minimum absolute atomic E-state index is 1.10. The molecule has 1 heteroatoms. The Morgan fingerprint density at radius 2 is 1.40 bits per heavy atom. The van der Waals surface area contributed by atoms with Crippen molar-refractivity contribution in [1.29, 1.82) is 0 Å². The van der Waals surface area contributed by atoms with Crippen LogP contribution in [0.5, 0.6) is 0 Å². The summed E-state index contributed by atoms with van der Waals surface area (Å²) in [6.45, 7) is 4.27. The van der Waals surface area contributed by atoms with E-state index in [1.54, 1.807) is 0 Å². The third kappa shape index (κ3) is 5.42. The summed E-state index contributed by atoms with van der Waals surface area (Å²) in [5, 5.41) is 0. The molecular weight excluding hydrogens is 122 g/mol. The molecule has 0 atom stereocenters. The van der Waals surface area contributed by atoms with Gasteiger partial charge in [0.15, 0.2) is 0 Å². The molecule has 0 aromatic rings. The lowest BCUT2D eigenvalue weighted by Gasteiger charge is -2.04. The summed E-state index contributed by atoms with van der Waals surface area (Å²) in [4.78, 5) is 2.06. The summed E-state index contributed by atoms with van der Waals surface area (Å²) in [5.74, 6) is 0. The predicted octanol–water partition coefficient (Wildman–Crippen LogP) is 2.77. The van der Waals surface area contributed by atoms with E-state index < -0.39 is 0 Å². The molecule has 1 nitrogen and oxygen atoms in total. The van der Waals surface area contributed by atoms with Crippen LogP contribution < -0.4 is 0 Å². The average Bonchev–Trinajstić information content (AvgIpc) is 1.97. The molecule has 0 aliphatic carbocycles. The van der Waals surface area contributed by atoms with E-state index in [4.69, 9.17) is 0 Å². The normalized spacial score (nSPS) is 11.5. The largest absolute Gasteiger partial charge is 0.358 e. The van der Waals surface area contributed by atoms with E-state index in [1.807, 2.05) is 7.05 Å². The Balaban J connectivity index is 3.52. The molecule has 0 rings (SSSR count). The highest BCUT2D eigenvalue weighted by molar-refractivity contribution is 4.88. The highest BCUT2D eigenvalue weighted by atomic mass is 15.0. The van der Waals surface area contributed by atoms with Gasteiger partial charge >= 0.3 is 0 Å². The monoisotopic (exact) mass is 139 g/mol. The van der Waals surface area contributed by atoms with Crippen LogP contribution in [-0.2, 0) is 0 Å². The first-order chi connectivity index (χ1) is 4.81. The molecule has 0 aromatic heterocycles. The molecule has 0 aliphatic heterocycles. The first-order valence-corrected chi connectivity index (χ1v) is 3.86. The minimum Gasteiger partial charge on any atom is -0.358 e. The summed E-state index contributed by atoms with van der Waals surface area (Å²) in [6, 6.07) is 0. The summed E-state index contributed by atoms with van der Waals surface area (Å²) in [6.07, 6.45) is 10.6. The summed E-state index contributed by atoms with van der Waals surface area (Å²) in [7, 11) is 2.04. The molecule has 0 saturated heterocycles. The standard InChI is InChI=1S/C9H17N/c1-4-6-8-10(3)9-7-5-2/h6-9H,4-5H2,1-3H3. The van der Waals surface area contributed by atoms with Crippen LogP contribution in [-0.4, -0.2) is 11.9 Å². The maximum Gasteiger partial charge on any atom is 0.0106 e. The van der Waals surface area contributed by atoms with Crippen LogP contribution in [0.3, 0.4) is 0 Å². The lowest BCUT2D eigenvalue weighted by Crippen LogP contribution is -1.98. The Hall–Kier alpha value is -0.720. The average molecular weight is 139 g/mol. The van der Waals surface area contributed by atoms with Gasteiger partial charge in [0, 0.05) is 7.05 Å². The van der Waals surface area contributed by atoms with Gasteiger partial charge in [-0.25, -0.2) is 0 Å². The second kappa shape index (κ2) is 6.40. The number of allylic oxidation sites excluding steroid dienone is 2. The Kier molecular flexibility index (Phi) is 5.94. The highest BCUT2D eigenvalue weighted by Crippen LogP contribution is 1.89. The van der Waals surface area contributed by atoms with Crippen LogP contribution in [0.2, 0.25) is 0 Å². The van der Waals surface area contributed by atoms with Crippen molar-refractivity contribution in [2.45, 2.75) is 26.7 Å². The van der Waals surface area contributed by atoms with E-state index in [0.29, 0.717) is 0 Å². The third-order valence-electron chi connectivity index (χ3n) is 1.15. The van der Waals surface area contributed by atoms with Crippen LogP contribution in [0.1, 0.15) is 26.7 Å². The van der Waals surface area contributed by atoms with E-state index in [1.165, 1.54) is 0 Å². The first-order valence-electron chi connectivity index (χ1n) is 3.86. The third-order valence-corrected chi connectivity index (χ3v) is 1.15. The van der Waals surface area contributed by atoms with E-state index in [0.717, 1.165) is 12.8 Å². The fourth-order valence-corrected chi connectivity index (χ4v) is 0.593. The second-order valence-corrected chi connectivity index (χ2v) is 2.25. The Bertz CT molecular complexity index is 99.9. The zero-order chi connectivity index (χ0) is 7.82. The van der Waals surface area contributed by atoms with Gasteiger partial charge in [-0.3, -0.25) is 0 Å². The molecule has 0 heterocycles. The van der Waals surface area contributed by atoms with Gasteiger partial charge < -0.3 is 4.90 Å². The Labute approximate surface area is 64.0 Å². The lowest BCUT2D eigenvalue weighted by atomic mass is 10.4. The SMILES string of the molecule is CCC=CN(C)C=CCC. The number of nitrogens with zero attached hydrogens (tertiary/aromatic N) is 1. The van der Waals surface area contributed by atoms with Gasteiger partial charge in [-0.2, -0.15) is 0 Å². The molecule has 0 saturated carbocycles. The highest BCUT2D eigenvalue weighted by Gasteiger charge is 1.77.